The van der Waals surface area contributed by atoms with Crippen LogP contribution in [0.15, 0.2) is 0 Å². The first-order valence-corrected chi connectivity index (χ1v) is 11.4. The molecule has 5 N–H and O–H groups in total. The van der Waals surface area contributed by atoms with Crippen LogP contribution in [0, 0.1) is 5.92 Å². The minimum absolute atomic E-state index is 0.0835. The van der Waals surface area contributed by atoms with Crippen molar-refractivity contribution in [3.8, 4) is 0 Å². The highest BCUT2D eigenvalue weighted by Gasteiger charge is 2.50. The quantitative estimate of drug-likeness (QED) is 0.407. The van der Waals surface area contributed by atoms with Gasteiger partial charge >= 0.3 is 6.18 Å². The van der Waals surface area contributed by atoms with Gasteiger partial charge in [-0.3, -0.25) is 10.2 Å². The number of piperidine rings is 1. The number of halogens is 4. The molecule has 0 aromatic heterocycles. The van der Waals surface area contributed by atoms with Crippen molar-refractivity contribution in [3.63, 3.8) is 0 Å². The average Bonchev–Trinajstić information content (AvgIpc) is 3.26. The van der Waals surface area contributed by atoms with Crippen LogP contribution in [0.1, 0.15) is 51.4 Å². The minimum Gasteiger partial charge on any atom is -0.340 e. The molecule has 4 aliphatic rings. The lowest BCUT2D eigenvalue weighted by molar-refractivity contribution is -0.211. The van der Waals surface area contributed by atoms with Gasteiger partial charge in [0.15, 0.2) is 0 Å². The maximum atomic E-state index is 13.6. The number of fused-ring (bicyclic) bond motifs is 7. The zero-order valence-corrected chi connectivity index (χ0v) is 17.5. The van der Waals surface area contributed by atoms with Gasteiger partial charge in [0.1, 0.15) is 12.5 Å². The van der Waals surface area contributed by atoms with Gasteiger partial charge in [-0.15, -0.1) is 0 Å². The van der Waals surface area contributed by atoms with Crippen molar-refractivity contribution in [2.45, 2.75) is 99.1 Å². The molecule has 10 heteroatoms. The van der Waals surface area contributed by atoms with E-state index in [1.807, 2.05) is 0 Å². The van der Waals surface area contributed by atoms with E-state index in [2.05, 4.69) is 37.0 Å². The van der Waals surface area contributed by atoms with Crippen LogP contribution in [-0.2, 0) is 4.74 Å². The fourth-order valence-electron chi connectivity index (χ4n) is 5.28. The number of hydrogen-bond donors (Lipinski definition) is 4. The van der Waals surface area contributed by atoms with Crippen LogP contribution in [-0.4, -0.2) is 59.2 Å². The molecule has 4 heterocycles. The SMILES string of the molecule is NC1CC(Br)C2NC1C1NNC(O1)C(C(F)(F)F)CCCCC[C@@H]1CCCN21. The summed E-state index contributed by atoms with van der Waals surface area (Å²) in [6.07, 6.45) is 0.706. The smallest absolute Gasteiger partial charge is 0.340 e. The fourth-order valence-corrected chi connectivity index (χ4v) is 6.17. The Morgan fingerprint density at radius 3 is 2.50 bits per heavy atom. The minimum atomic E-state index is -4.29. The third-order valence-corrected chi connectivity index (χ3v) is 7.64. The van der Waals surface area contributed by atoms with E-state index in [0.29, 0.717) is 12.5 Å². The number of rotatable bonds is 0. The van der Waals surface area contributed by atoms with E-state index < -0.39 is 24.6 Å². The van der Waals surface area contributed by atoms with Gasteiger partial charge in [-0.1, -0.05) is 35.2 Å². The number of ether oxygens (including phenoxy) is 1. The first-order chi connectivity index (χ1) is 13.3. The molecular weight excluding hydrogens is 439 g/mol. The molecule has 0 saturated carbocycles. The van der Waals surface area contributed by atoms with Crippen molar-refractivity contribution in [2.75, 3.05) is 6.54 Å². The lowest BCUT2D eigenvalue weighted by atomic mass is 9.93. The van der Waals surface area contributed by atoms with Crippen molar-refractivity contribution >= 4 is 15.9 Å². The summed E-state index contributed by atoms with van der Waals surface area (Å²) in [6.45, 7) is 1.04. The highest BCUT2D eigenvalue weighted by Crippen LogP contribution is 2.37. The molecule has 4 bridgehead atoms. The standard InChI is InChI=1S/C18H31BrF3N5O/c19-12-9-13(23)14-17-26-25-16(28-17)11(18(20,21)22)7-3-1-2-5-10-6-4-8-27(10)15(12)24-14/h10-17,24-26H,1-9,23H2/t10-,11?,12?,13?,14?,15?,16?,17?/m1/s1. The van der Waals surface area contributed by atoms with Crippen LogP contribution in [0.2, 0.25) is 0 Å². The van der Waals surface area contributed by atoms with Crippen molar-refractivity contribution in [2.24, 2.45) is 11.7 Å². The van der Waals surface area contributed by atoms with Gasteiger partial charge in [-0.05, 0) is 32.1 Å². The molecule has 0 aromatic rings. The summed E-state index contributed by atoms with van der Waals surface area (Å²) < 4.78 is 46.7. The third kappa shape index (κ3) is 4.38. The lowest BCUT2D eigenvalue weighted by Gasteiger charge is -2.46. The summed E-state index contributed by atoms with van der Waals surface area (Å²) in [5.74, 6) is -1.52. The second kappa shape index (κ2) is 8.64. The monoisotopic (exact) mass is 469 g/mol. The summed E-state index contributed by atoms with van der Waals surface area (Å²) in [6, 6.07) is 0.0172. The van der Waals surface area contributed by atoms with Crippen LogP contribution < -0.4 is 21.9 Å². The van der Waals surface area contributed by atoms with E-state index in [0.717, 1.165) is 45.1 Å². The van der Waals surface area contributed by atoms with Gasteiger partial charge in [-0.25, -0.2) is 10.9 Å². The van der Waals surface area contributed by atoms with Gasteiger partial charge in [0, 0.05) is 23.5 Å². The van der Waals surface area contributed by atoms with Crippen LogP contribution in [0.3, 0.4) is 0 Å². The largest absolute Gasteiger partial charge is 0.395 e. The Morgan fingerprint density at radius 2 is 1.71 bits per heavy atom. The summed E-state index contributed by atoms with van der Waals surface area (Å²) >= 11 is 3.80. The third-order valence-electron chi connectivity index (χ3n) is 6.77. The second-order valence-corrected chi connectivity index (χ2v) is 9.81. The Morgan fingerprint density at radius 1 is 1.00 bits per heavy atom. The fraction of sp³-hybridized carbons (Fsp3) is 1.00. The molecule has 0 aromatic carbocycles. The van der Waals surface area contributed by atoms with Crippen molar-refractivity contribution in [3.05, 3.63) is 0 Å². The molecule has 28 heavy (non-hydrogen) atoms. The molecular formula is C18H31BrF3N5O. The van der Waals surface area contributed by atoms with E-state index in [1.54, 1.807) is 0 Å². The molecule has 7 unspecified atom stereocenters. The number of nitrogens with two attached hydrogens (primary N) is 1. The normalized spacial score (nSPS) is 46.2. The molecule has 4 aliphatic heterocycles. The molecule has 4 rings (SSSR count). The van der Waals surface area contributed by atoms with Crippen LogP contribution in [0.5, 0.6) is 0 Å². The first-order valence-electron chi connectivity index (χ1n) is 10.5. The predicted octanol–water partition coefficient (Wildman–Crippen LogP) is 2.15. The molecule has 8 atom stereocenters. The first kappa shape index (κ1) is 21.3. The molecule has 4 saturated heterocycles. The van der Waals surface area contributed by atoms with E-state index in [1.165, 1.54) is 0 Å². The zero-order valence-electron chi connectivity index (χ0n) is 15.9. The summed E-state index contributed by atoms with van der Waals surface area (Å²) in [7, 11) is 0. The molecule has 6 nitrogen and oxygen atoms in total. The Bertz CT molecular complexity index is 542. The molecule has 0 radical (unpaired) electrons. The Hall–Kier alpha value is 0.0300. The van der Waals surface area contributed by atoms with Crippen LogP contribution in [0.4, 0.5) is 13.2 Å². The van der Waals surface area contributed by atoms with Gasteiger partial charge in [-0.2, -0.15) is 13.2 Å². The highest BCUT2D eigenvalue weighted by molar-refractivity contribution is 9.09. The summed E-state index contributed by atoms with van der Waals surface area (Å²) in [5.41, 5.74) is 12.1. The molecule has 0 spiro atoms. The maximum Gasteiger partial charge on any atom is 0.395 e. The van der Waals surface area contributed by atoms with Crippen molar-refractivity contribution < 1.29 is 17.9 Å². The van der Waals surface area contributed by atoms with Crippen molar-refractivity contribution in [1.82, 2.24) is 21.1 Å². The molecule has 162 valence electrons. The maximum absolute atomic E-state index is 13.6. The number of nitrogens with zero attached hydrogens (tertiary/aromatic N) is 1. The zero-order chi connectivity index (χ0) is 19.9. The topological polar surface area (TPSA) is 74.6 Å². The highest BCUT2D eigenvalue weighted by atomic mass is 79.9. The molecule has 0 amide bonds. The number of hydrogen-bond acceptors (Lipinski definition) is 6. The predicted molar refractivity (Wildman–Crippen MR) is 103 cm³/mol. The Labute approximate surface area is 172 Å². The van der Waals surface area contributed by atoms with E-state index in [-0.39, 0.29) is 29.5 Å². The number of hydrazine groups is 1. The number of nitrogens with one attached hydrogen (secondary N) is 3. The Kier molecular flexibility index (Phi) is 6.57. The second-order valence-electron chi connectivity index (χ2n) is 8.64. The van der Waals surface area contributed by atoms with E-state index >= 15 is 0 Å². The van der Waals surface area contributed by atoms with Gasteiger partial charge in [0.25, 0.3) is 0 Å². The average molecular weight is 470 g/mol. The van der Waals surface area contributed by atoms with Gasteiger partial charge < -0.3 is 10.5 Å². The molecule has 4 fully saturated rings. The van der Waals surface area contributed by atoms with E-state index in [4.69, 9.17) is 10.5 Å². The van der Waals surface area contributed by atoms with Crippen LogP contribution >= 0.6 is 15.9 Å². The molecule has 0 aliphatic carbocycles. The van der Waals surface area contributed by atoms with Crippen LogP contribution in [0.25, 0.3) is 0 Å². The van der Waals surface area contributed by atoms with E-state index in [9.17, 15) is 13.2 Å². The summed E-state index contributed by atoms with van der Waals surface area (Å²) in [5, 5.41) is 3.60. The summed E-state index contributed by atoms with van der Waals surface area (Å²) in [4.78, 5) is 2.74. The lowest BCUT2D eigenvalue weighted by Crippen LogP contribution is -2.69. The number of alkyl halides is 4. The van der Waals surface area contributed by atoms with Gasteiger partial charge in [0.2, 0.25) is 0 Å². The van der Waals surface area contributed by atoms with Crippen molar-refractivity contribution in [1.29, 1.82) is 0 Å². The Balaban J connectivity index is 1.56. The van der Waals surface area contributed by atoms with Gasteiger partial charge in [0.05, 0.1) is 18.1 Å².